The van der Waals surface area contributed by atoms with Gasteiger partial charge in [0.05, 0.1) is 0 Å². The molecule has 0 amide bonds. The van der Waals surface area contributed by atoms with Gasteiger partial charge in [-0.2, -0.15) is 0 Å². The van der Waals surface area contributed by atoms with Crippen LogP contribution in [0.1, 0.15) is 53.4 Å². The topological polar surface area (TPSA) is 69.4 Å². The lowest BCUT2D eigenvalue weighted by Crippen LogP contribution is -2.40. The summed E-state index contributed by atoms with van der Waals surface area (Å²) < 4.78 is 6.10. The highest BCUT2D eigenvalue weighted by molar-refractivity contribution is 6.04. The van der Waals surface area contributed by atoms with Crippen molar-refractivity contribution in [2.45, 2.75) is 53.4 Å². The maximum atomic E-state index is 12.6. The van der Waals surface area contributed by atoms with Crippen LogP contribution in [-0.4, -0.2) is 18.1 Å². The van der Waals surface area contributed by atoms with Gasteiger partial charge in [-0.1, -0.05) is 27.7 Å². The molecule has 1 aliphatic heterocycles. The smallest absolute Gasteiger partial charge is 0.163 e. The number of nitrogens with two attached hydrogens (primary N) is 1. The Morgan fingerprint density at radius 1 is 0.909 bits per heavy atom. The number of ketones is 2. The van der Waals surface area contributed by atoms with E-state index in [2.05, 4.69) is 27.7 Å². The van der Waals surface area contributed by atoms with Crippen molar-refractivity contribution in [3.8, 4) is 0 Å². The van der Waals surface area contributed by atoms with E-state index in [9.17, 15) is 9.59 Å². The fourth-order valence-corrected chi connectivity index (χ4v) is 4.04. The molecule has 120 valence electrons. The van der Waals surface area contributed by atoms with E-state index < -0.39 is 0 Å². The van der Waals surface area contributed by atoms with Gasteiger partial charge in [0.15, 0.2) is 11.6 Å². The first-order valence-electron chi connectivity index (χ1n) is 8.04. The lowest BCUT2D eigenvalue weighted by atomic mass is 9.67. The maximum Gasteiger partial charge on any atom is 0.163 e. The van der Waals surface area contributed by atoms with Crippen LogP contribution in [0.25, 0.3) is 0 Å². The zero-order valence-electron chi connectivity index (χ0n) is 13.9. The maximum absolute atomic E-state index is 12.6. The van der Waals surface area contributed by atoms with E-state index in [0.717, 1.165) is 24.4 Å². The Hall–Kier alpha value is -1.42. The lowest BCUT2D eigenvalue weighted by Gasteiger charge is -2.42. The van der Waals surface area contributed by atoms with Crippen molar-refractivity contribution < 1.29 is 14.3 Å². The minimum Gasteiger partial charge on any atom is -0.465 e. The molecule has 4 nitrogen and oxygen atoms in total. The number of allylic oxidation sites excluding steroid dienone is 2. The first-order valence-corrected chi connectivity index (χ1v) is 8.04. The molecule has 2 aliphatic carbocycles. The Morgan fingerprint density at radius 2 is 1.32 bits per heavy atom. The molecule has 2 N–H and O–H groups in total. The van der Waals surface area contributed by atoms with Crippen LogP contribution >= 0.6 is 0 Å². The standard InChI is InChI=1S/C18H25NO3/c1-17(2)5-11(20)15-10(9-19)16-12(21)6-18(3,4)8-14(16)22-13(15)7-17/h10H,5-9,19H2,1-4H3. The van der Waals surface area contributed by atoms with E-state index in [1.807, 2.05) is 0 Å². The summed E-state index contributed by atoms with van der Waals surface area (Å²) in [6, 6.07) is 0. The summed E-state index contributed by atoms with van der Waals surface area (Å²) >= 11 is 0. The van der Waals surface area contributed by atoms with Gasteiger partial charge in [0, 0.05) is 49.3 Å². The summed E-state index contributed by atoms with van der Waals surface area (Å²) in [5.41, 5.74) is 7.08. The van der Waals surface area contributed by atoms with Crippen LogP contribution in [-0.2, 0) is 14.3 Å². The average Bonchev–Trinajstić information content (AvgIpc) is 2.32. The second kappa shape index (κ2) is 4.79. The van der Waals surface area contributed by atoms with Crippen LogP contribution < -0.4 is 5.73 Å². The minimum atomic E-state index is -0.272. The molecule has 0 aromatic rings. The second-order valence-corrected chi connectivity index (χ2v) is 8.45. The van der Waals surface area contributed by atoms with E-state index in [-0.39, 0.29) is 28.3 Å². The van der Waals surface area contributed by atoms with Crippen molar-refractivity contribution in [1.82, 2.24) is 0 Å². The number of hydrogen-bond donors (Lipinski definition) is 1. The molecule has 1 heterocycles. The third-order valence-electron chi connectivity index (χ3n) is 4.94. The van der Waals surface area contributed by atoms with Gasteiger partial charge >= 0.3 is 0 Å². The summed E-state index contributed by atoms with van der Waals surface area (Å²) in [6.07, 6.45) is 2.45. The number of carbonyl (C=O) groups excluding carboxylic acids is 2. The van der Waals surface area contributed by atoms with Crippen LogP contribution in [0.5, 0.6) is 0 Å². The molecule has 0 aromatic carbocycles. The third kappa shape index (κ3) is 2.43. The largest absolute Gasteiger partial charge is 0.465 e. The highest BCUT2D eigenvalue weighted by Gasteiger charge is 2.46. The number of rotatable bonds is 1. The Morgan fingerprint density at radius 3 is 1.68 bits per heavy atom. The number of ether oxygens (including phenoxy) is 1. The van der Waals surface area contributed by atoms with E-state index >= 15 is 0 Å². The summed E-state index contributed by atoms with van der Waals surface area (Å²) in [6.45, 7) is 8.61. The van der Waals surface area contributed by atoms with E-state index in [1.165, 1.54) is 0 Å². The van der Waals surface area contributed by atoms with Crippen LogP contribution in [0.2, 0.25) is 0 Å². The van der Waals surface area contributed by atoms with E-state index in [0.29, 0.717) is 30.5 Å². The van der Waals surface area contributed by atoms with Crippen molar-refractivity contribution in [2.75, 3.05) is 6.54 Å². The van der Waals surface area contributed by atoms with Crippen molar-refractivity contribution in [3.05, 3.63) is 22.7 Å². The van der Waals surface area contributed by atoms with Gasteiger partial charge in [0.2, 0.25) is 0 Å². The Bertz CT molecular complexity index is 570. The van der Waals surface area contributed by atoms with Crippen molar-refractivity contribution in [2.24, 2.45) is 22.5 Å². The Balaban J connectivity index is 2.07. The van der Waals surface area contributed by atoms with Crippen LogP contribution in [0.15, 0.2) is 22.7 Å². The van der Waals surface area contributed by atoms with Crippen molar-refractivity contribution in [3.63, 3.8) is 0 Å². The molecule has 0 aromatic heterocycles. The van der Waals surface area contributed by atoms with Gasteiger partial charge in [-0.3, -0.25) is 9.59 Å². The van der Waals surface area contributed by atoms with Crippen molar-refractivity contribution >= 4 is 11.6 Å². The highest BCUT2D eigenvalue weighted by Crippen LogP contribution is 2.49. The third-order valence-corrected chi connectivity index (χ3v) is 4.94. The molecule has 0 saturated heterocycles. The normalized spacial score (nSPS) is 27.5. The molecule has 0 radical (unpaired) electrons. The van der Waals surface area contributed by atoms with Crippen molar-refractivity contribution in [1.29, 1.82) is 0 Å². The molecule has 0 atom stereocenters. The second-order valence-electron chi connectivity index (χ2n) is 8.45. The van der Waals surface area contributed by atoms with Crippen LogP contribution in [0, 0.1) is 16.7 Å². The predicted molar refractivity (Wildman–Crippen MR) is 83.7 cm³/mol. The van der Waals surface area contributed by atoms with Gasteiger partial charge in [-0.05, 0) is 10.8 Å². The zero-order valence-corrected chi connectivity index (χ0v) is 13.9. The highest BCUT2D eigenvalue weighted by atomic mass is 16.5. The molecule has 0 saturated carbocycles. The monoisotopic (exact) mass is 303 g/mol. The number of hydrogen-bond acceptors (Lipinski definition) is 4. The van der Waals surface area contributed by atoms with Crippen LogP contribution in [0.3, 0.4) is 0 Å². The molecule has 0 spiro atoms. The molecule has 22 heavy (non-hydrogen) atoms. The minimum absolute atomic E-state index is 0.0888. The van der Waals surface area contributed by atoms with Gasteiger partial charge in [0.1, 0.15) is 11.5 Å². The number of carbonyl (C=O) groups is 2. The van der Waals surface area contributed by atoms with Gasteiger partial charge in [0.25, 0.3) is 0 Å². The van der Waals surface area contributed by atoms with E-state index in [1.54, 1.807) is 0 Å². The van der Waals surface area contributed by atoms with Gasteiger partial charge in [-0.25, -0.2) is 0 Å². The SMILES string of the molecule is CC1(C)CC(=O)C2=C(C1)OC1=C(C(=O)CC(C)(C)C1)C2CN. The van der Waals surface area contributed by atoms with Crippen LogP contribution in [0.4, 0.5) is 0 Å². The Labute approximate surface area is 131 Å². The molecule has 0 bridgehead atoms. The lowest BCUT2D eigenvalue weighted by molar-refractivity contribution is -0.120. The molecular formula is C18H25NO3. The quantitative estimate of drug-likeness (QED) is 0.808. The fraction of sp³-hybridized carbons (Fsp3) is 0.667. The van der Waals surface area contributed by atoms with Gasteiger partial charge < -0.3 is 10.5 Å². The molecular weight excluding hydrogens is 278 g/mol. The predicted octanol–water partition coefficient (Wildman–Crippen LogP) is 2.88. The fourth-order valence-electron chi connectivity index (χ4n) is 4.04. The van der Waals surface area contributed by atoms with Gasteiger partial charge in [-0.15, -0.1) is 0 Å². The summed E-state index contributed by atoms with van der Waals surface area (Å²) in [7, 11) is 0. The average molecular weight is 303 g/mol. The zero-order chi connectivity index (χ0) is 16.3. The Kier molecular flexibility index (Phi) is 3.37. The molecule has 0 unspecified atom stereocenters. The summed E-state index contributed by atoms with van der Waals surface area (Å²) in [5.74, 6) is 1.41. The molecule has 3 rings (SSSR count). The first-order chi connectivity index (χ1) is 10.1. The summed E-state index contributed by atoms with van der Waals surface area (Å²) in [5, 5.41) is 0. The molecule has 3 aliphatic rings. The summed E-state index contributed by atoms with van der Waals surface area (Å²) in [4.78, 5) is 25.2. The molecule has 4 heteroatoms. The molecule has 0 fully saturated rings. The van der Waals surface area contributed by atoms with E-state index in [4.69, 9.17) is 10.5 Å². The number of Topliss-reactive ketones (excluding diaryl/α,β-unsaturated/α-hetero) is 2. The first kappa shape index (κ1) is 15.5.